The summed E-state index contributed by atoms with van der Waals surface area (Å²) in [6.07, 6.45) is 1.89. The third kappa shape index (κ3) is 3.24. The minimum Gasteiger partial charge on any atom is -0.340 e. The first-order chi connectivity index (χ1) is 10.3. The molecule has 0 aliphatic rings. The highest BCUT2D eigenvalue weighted by Gasteiger charge is 2.24. The fourth-order valence-corrected chi connectivity index (χ4v) is 2.86. The van der Waals surface area contributed by atoms with Crippen LogP contribution in [0.4, 0.5) is 4.39 Å². The lowest BCUT2D eigenvalue weighted by molar-refractivity contribution is 0.0728. The summed E-state index contributed by atoms with van der Waals surface area (Å²) >= 11 is 3.41. The van der Waals surface area contributed by atoms with E-state index >= 15 is 0 Å². The predicted molar refractivity (Wildman–Crippen MR) is 89.4 cm³/mol. The quantitative estimate of drug-likeness (QED) is 0.762. The van der Waals surface area contributed by atoms with E-state index in [4.69, 9.17) is 0 Å². The minimum atomic E-state index is -0.344. The molecule has 0 saturated heterocycles. The minimum absolute atomic E-state index is 0.129. The first kappa shape index (κ1) is 16.7. The third-order valence-electron chi connectivity index (χ3n) is 3.85. The van der Waals surface area contributed by atoms with Crippen molar-refractivity contribution in [1.82, 2.24) is 9.47 Å². The van der Waals surface area contributed by atoms with E-state index in [1.54, 1.807) is 36.2 Å². The van der Waals surface area contributed by atoms with Gasteiger partial charge in [0, 0.05) is 29.3 Å². The second-order valence-corrected chi connectivity index (χ2v) is 6.57. The van der Waals surface area contributed by atoms with E-state index in [1.807, 2.05) is 31.5 Å². The van der Waals surface area contributed by atoms with Gasteiger partial charge in [-0.3, -0.25) is 4.79 Å². The maximum atomic E-state index is 13.9. The number of benzene rings is 1. The maximum Gasteiger partial charge on any atom is 0.270 e. The number of carbonyl (C=O) groups excluding carboxylic acids is 1. The number of nitrogens with zero attached hydrogens (tertiary/aromatic N) is 2. The van der Waals surface area contributed by atoms with Crippen molar-refractivity contribution in [1.29, 1.82) is 0 Å². The summed E-state index contributed by atoms with van der Waals surface area (Å²) in [6, 6.07) is 8.17. The Labute approximate surface area is 138 Å². The van der Waals surface area contributed by atoms with Gasteiger partial charge in [-0.15, -0.1) is 0 Å². The SMILES string of the molecule is CC(c1ccccc1F)N(C)C(=O)c1cc(Br)cn1C(C)C. The van der Waals surface area contributed by atoms with Crippen molar-refractivity contribution in [3.63, 3.8) is 0 Å². The van der Waals surface area contributed by atoms with Crippen LogP contribution < -0.4 is 0 Å². The lowest BCUT2D eigenvalue weighted by Gasteiger charge is -2.26. The summed E-state index contributed by atoms with van der Waals surface area (Å²) in [6.45, 7) is 5.86. The van der Waals surface area contributed by atoms with Crippen LogP contribution in [0.3, 0.4) is 0 Å². The largest absolute Gasteiger partial charge is 0.340 e. The van der Waals surface area contributed by atoms with Crippen molar-refractivity contribution in [3.8, 4) is 0 Å². The molecule has 0 fully saturated rings. The average molecular weight is 367 g/mol. The van der Waals surface area contributed by atoms with Gasteiger partial charge in [0.25, 0.3) is 5.91 Å². The van der Waals surface area contributed by atoms with E-state index in [1.165, 1.54) is 6.07 Å². The molecular formula is C17H20BrFN2O. The second-order valence-electron chi connectivity index (χ2n) is 5.66. The van der Waals surface area contributed by atoms with Gasteiger partial charge in [0.15, 0.2) is 0 Å². The summed E-state index contributed by atoms with van der Waals surface area (Å²) in [5.41, 5.74) is 1.10. The Hall–Kier alpha value is -1.62. The zero-order valence-corrected chi connectivity index (χ0v) is 14.8. The highest BCUT2D eigenvalue weighted by molar-refractivity contribution is 9.10. The molecule has 1 atom stereocenters. The molecule has 0 aliphatic heterocycles. The Morgan fingerprint density at radius 1 is 1.27 bits per heavy atom. The molecule has 0 N–H and O–H groups in total. The summed E-state index contributed by atoms with van der Waals surface area (Å²) in [4.78, 5) is 14.3. The molecule has 2 rings (SSSR count). The van der Waals surface area contributed by atoms with Gasteiger partial charge < -0.3 is 9.47 Å². The van der Waals surface area contributed by atoms with Gasteiger partial charge in [-0.05, 0) is 48.8 Å². The lowest BCUT2D eigenvalue weighted by Crippen LogP contribution is -2.32. The molecule has 1 amide bonds. The van der Waals surface area contributed by atoms with Gasteiger partial charge in [0.05, 0.1) is 6.04 Å². The molecule has 1 unspecified atom stereocenters. The van der Waals surface area contributed by atoms with Gasteiger partial charge in [-0.1, -0.05) is 18.2 Å². The smallest absolute Gasteiger partial charge is 0.270 e. The van der Waals surface area contributed by atoms with Crippen molar-refractivity contribution >= 4 is 21.8 Å². The van der Waals surface area contributed by atoms with Crippen molar-refractivity contribution in [2.24, 2.45) is 0 Å². The Morgan fingerprint density at radius 3 is 2.50 bits per heavy atom. The van der Waals surface area contributed by atoms with E-state index in [0.29, 0.717) is 11.3 Å². The van der Waals surface area contributed by atoms with E-state index in [0.717, 1.165) is 4.47 Å². The third-order valence-corrected chi connectivity index (χ3v) is 4.28. The van der Waals surface area contributed by atoms with Crippen molar-refractivity contribution < 1.29 is 9.18 Å². The number of amides is 1. The Bertz CT molecular complexity index is 681. The van der Waals surface area contributed by atoms with Crippen LogP contribution in [0.1, 0.15) is 48.9 Å². The van der Waals surface area contributed by atoms with Gasteiger partial charge in [-0.25, -0.2) is 4.39 Å². The molecule has 2 aromatic rings. The molecule has 0 spiro atoms. The van der Waals surface area contributed by atoms with E-state index in [-0.39, 0.29) is 23.8 Å². The molecule has 3 nitrogen and oxygen atoms in total. The zero-order chi connectivity index (χ0) is 16.4. The van der Waals surface area contributed by atoms with Gasteiger partial charge in [0.1, 0.15) is 11.5 Å². The van der Waals surface area contributed by atoms with Crippen LogP contribution in [0.5, 0.6) is 0 Å². The van der Waals surface area contributed by atoms with Crippen molar-refractivity contribution in [3.05, 3.63) is 58.1 Å². The van der Waals surface area contributed by atoms with Crippen LogP contribution in [0, 0.1) is 5.82 Å². The molecule has 0 aliphatic carbocycles. The summed E-state index contributed by atoms with van der Waals surface area (Å²) in [7, 11) is 1.70. The number of carbonyl (C=O) groups is 1. The van der Waals surface area contributed by atoms with Crippen LogP contribution in [-0.2, 0) is 0 Å². The highest BCUT2D eigenvalue weighted by atomic mass is 79.9. The second kappa shape index (κ2) is 6.65. The van der Waals surface area contributed by atoms with Crippen molar-refractivity contribution in [2.45, 2.75) is 32.9 Å². The van der Waals surface area contributed by atoms with E-state index in [9.17, 15) is 9.18 Å². The molecule has 118 valence electrons. The van der Waals surface area contributed by atoms with Crippen LogP contribution in [-0.4, -0.2) is 22.4 Å². The van der Waals surface area contributed by atoms with Gasteiger partial charge in [0.2, 0.25) is 0 Å². The summed E-state index contributed by atoms with van der Waals surface area (Å²) < 4.78 is 16.7. The number of halogens is 2. The average Bonchev–Trinajstić information content (AvgIpc) is 2.87. The Balaban J connectivity index is 2.32. The maximum absolute atomic E-state index is 13.9. The normalized spacial score (nSPS) is 12.5. The molecule has 0 bridgehead atoms. The predicted octanol–water partition coefficient (Wildman–Crippen LogP) is 4.80. The molecule has 0 radical (unpaired) electrons. The standard InChI is InChI=1S/C17H20BrFN2O/c1-11(2)21-10-13(18)9-16(21)17(22)20(4)12(3)14-7-5-6-8-15(14)19/h5-12H,1-4H3. The van der Waals surface area contributed by atoms with Crippen LogP contribution >= 0.6 is 15.9 Å². The number of aromatic nitrogens is 1. The van der Waals surface area contributed by atoms with Gasteiger partial charge >= 0.3 is 0 Å². The van der Waals surface area contributed by atoms with E-state index < -0.39 is 0 Å². The molecule has 1 aromatic carbocycles. The molecule has 22 heavy (non-hydrogen) atoms. The molecule has 0 saturated carbocycles. The molecule has 1 aromatic heterocycles. The zero-order valence-electron chi connectivity index (χ0n) is 13.2. The fourth-order valence-electron chi connectivity index (χ4n) is 2.42. The summed E-state index contributed by atoms with van der Waals surface area (Å²) in [5, 5.41) is 0. The summed E-state index contributed by atoms with van der Waals surface area (Å²) in [5.74, 6) is -0.426. The van der Waals surface area contributed by atoms with E-state index in [2.05, 4.69) is 15.9 Å². The highest BCUT2D eigenvalue weighted by Crippen LogP contribution is 2.26. The molecular weight excluding hydrogens is 347 g/mol. The fraction of sp³-hybridized carbons (Fsp3) is 0.353. The van der Waals surface area contributed by atoms with Crippen LogP contribution in [0.15, 0.2) is 41.0 Å². The van der Waals surface area contributed by atoms with Gasteiger partial charge in [-0.2, -0.15) is 0 Å². The van der Waals surface area contributed by atoms with Crippen molar-refractivity contribution in [2.75, 3.05) is 7.05 Å². The molecule has 5 heteroatoms. The molecule has 1 heterocycles. The van der Waals surface area contributed by atoms with Crippen LogP contribution in [0.2, 0.25) is 0 Å². The number of hydrogen-bond donors (Lipinski definition) is 0. The number of rotatable bonds is 4. The topological polar surface area (TPSA) is 25.2 Å². The Kier molecular flexibility index (Phi) is 5.06. The first-order valence-electron chi connectivity index (χ1n) is 7.22. The monoisotopic (exact) mass is 366 g/mol. The number of hydrogen-bond acceptors (Lipinski definition) is 1. The first-order valence-corrected chi connectivity index (χ1v) is 8.01. The van der Waals surface area contributed by atoms with Crippen LogP contribution in [0.25, 0.3) is 0 Å². The lowest BCUT2D eigenvalue weighted by atomic mass is 10.1. The Morgan fingerprint density at radius 2 is 1.91 bits per heavy atom.